The van der Waals surface area contributed by atoms with Crippen molar-refractivity contribution in [3.63, 3.8) is 0 Å². The molecule has 198 valence electrons. The van der Waals surface area contributed by atoms with Crippen LogP contribution >= 0.6 is 30.8 Å². The maximum atomic E-state index is 14.9. The maximum Gasteiger partial charge on any atom is 0.362 e. The fourth-order valence-electron chi connectivity index (χ4n) is 4.26. The number of ether oxygens (including phenoxy) is 2. The second-order valence-electron chi connectivity index (χ2n) is 7.72. The van der Waals surface area contributed by atoms with Gasteiger partial charge in [0.25, 0.3) is 0 Å². The highest BCUT2D eigenvalue weighted by atomic mass is 35.5. The van der Waals surface area contributed by atoms with E-state index in [1.54, 1.807) is 27.7 Å². The molecular formula is C22H32Cl2FN2O7P. The zero-order valence-electron chi connectivity index (χ0n) is 20.1. The van der Waals surface area contributed by atoms with Gasteiger partial charge in [-0.15, -0.1) is 11.6 Å². The highest BCUT2D eigenvalue weighted by Gasteiger charge is 2.58. The number of hydrogen-bond acceptors (Lipinski definition) is 7. The highest BCUT2D eigenvalue weighted by Crippen LogP contribution is 2.50. The van der Waals surface area contributed by atoms with Crippen molar-refractivity contribution in [1.82, 2.24) is 0 Å². The molecule has 1 saturated carbocycles. The van der Waals surface area contributed by atoms with E-state index in [9.17, 15) is 18.5 Å². The Bertz CT molecular complexity index is 952. The summed E-state index contributed by atoms with van der Waals surface area (Å²) in [5.41, 5.74) is 5.26. The lowest BCUT2D eigenvalue weighted by molar-refractivity contribution is -0.274. The molecule has 2 rings (SSSR count). The number of nitrogens with two attached hydrogens (primary N) is 1. The van der Waals surface area contributed by atoms with Gasteiger partial charge in [0, 0.05) is 13.2 Å². The second kappa shape index (κ2) is 12.8. The summed E-state index contributed by atoms with van der Waals surface area (Å²) in [5.74, 6) is -6.41. The molecule has 1 fully saturated rings. The number of benzene rings is 1. The van der Waals surface area contributed by atoms with Gasteiger partial charge in [0.15, 0.2) is 5.79 Å². The van der Waals surface area contributed by atoms with Crippen LogP contribution in [0, 0.1) is 17.7 Å². The molecule has 3 atom stereocenters. The van der Waals surface area contributed by atoms with Crippen LogP contribution in [0.4, 0.5) is 10.1 Å². The molecule has 13 heteroatoms. The molecule has 35 heavy (non-hydrogen) atoms. The molecule has 0 aromatic heterocycles. The van der Waals surface area contributed by atoms with Crippen LogP contribution < -0.4 is 16.4 Å². The Morgan fingerprint density at radius 3 is 2.17 bits per heavy atom. The summed E-state index contributed by atoms with van der Waals surface area (Å²) in [6.45, 7) is 6.95. The Labute approximate surface area is 214 Å². The quantitative estimate of drug-likeness (QED) is 0.224. The first-order valence-corrected chi connectivity index (χ1v) is 13.8. The summed E-state index contributed by atoms with van der Waals surface area (Å²) in [6.07, 6.45) is 0.520. The monoisotopic (exact) mass is 556 g/mol. The smallest absolute Gasteiger partial charge is 0.362 e. The largest absolute Gasteiger partial charge is 0.369 e. The van der Waals surface area contributed by atoms with E-state index in [0.29, 0.717) is 6.42 Å². The minimum Gasteiger partial charge on any atom is -0.369 e. The molecule has 1 aromatic carbocycles. The average molecular weight is 557 g/mol. The summed E-state index contributed by atoms with van der Waals surface area (Å²) in [5, 5.41) is 1.35. The van der Waals surface area contributed by atoms with Crippen molar-refractivity contribution in [3.05, 3.63) is 23.0 Å². The molecular weight excluding hydrogens is 525 g/mol. The topological polar surface area (TPSA) is 126 Å². The van der Waals surface area contributed by atoms with Crippen molar-refractivity contribution >= 4 is 53.6 Å². The van der Waals surface area contributed by atoms with Crippen molar-refractivity contribution in [2.24, 2.45) is 17.6 Å². The molecule has 0 heterocycles. The van der Waals surface area contributed by atoms with Gasteiger partial charge < -0.3 is 29.6 Å². The molecule has 0 saturated heterocycles. The van der Waals surface area contributed by atoms with Gasteiger partial charge in [-0.25, -0.2) is 4.39 Å². The fourth-order valence-corrected chi connectivity index (χ4v) is 6.76. The van der Waals surface area contributed by atoms with Gasteiger partial charge in [-0.1, -0.05) is 11.6 Å². The number of carbonyl (C=O) groups is 2. The normalized spacial score (nSPS) is 22.1. The van der Waals surface area contributed by atoms with Crippen LogP contribution in [-0.4, -0.2) is 49.4 Å². The third kappa shape index (κ3) is 6.36. The van der Waals surface area contributed by atoms with Crippen LogP contribution in [-0.2, 0) is 32.7 Å². The Morgan fingerprint density at radius 2 is 1.69 bits per heavy atom. The third-order valence-electron chi connectivity index (χ3n) is 5.58. The van der Waals surface area contributed by atoms with Gasteiger partial charge in [0.1, 0.15) is 11.7 Å². The lowest BCUT2D eigenvalue weighted by Gasteiger charge is -2.47. The van der Waals surface area contributed by atoms with Crippen LogP contribution in [0.5, 0.6) is 0 Å². The van der Waals surface area contributed by atoms with E-state index in [0.717, 1.165) is 12.1 Å². The van der Waals surface area contributed by atoms with E-state index in [-0.39, 0.29) is 48.9 Å². The predicted octanol–water partition coefficient (Wildman–Crippen LogP) is 4.20. The van der Waals surface area contributed by atoms with Crippen molar-refractivity contribution < 1.29 is 37.1 Å². The van der Waals surface area contributed by atoms with E-state index in [1.165, 1.54) is 0 Å². The second-order valence-corrected chi connectivity index (χ2v) is 10.7. The molecule has 1 aromatic rings. The number of amides is 2. The Hall–Kier alpha value is -1.26. The Morgan fingerprint density at radius 1 is 1.11 bits per heavy atom. The third-order valence-corrected chi connectivity index (χ3v) is 8.70. The number of nitrogens with one attached hydrogen (secondary N) is 1. The number of carbonyl (C=O) groups excluding carboxylic acids is 2. The summed E-state index contributed by atoms with van der Waals surface area (Å²) in [7, 11) is -3.91. The minimum atomic E-state index is -3.91. The van der Waals surface area contributed by atoms with Gasteiger partial charge in [0.2, 0.25) is 11.8 Å². The predicted molar refractivity (Wildman–Crippen MR) is 132 cm³/mol. The zero-order valence-corrected chi connectivity index (χ0v) is 22.6. The first-order valence-electron chi connectivity index (χ1n) is 11.4. The van der Waals surface area contributed by atoms with E-state index in [1.807, 2.05) is 0 Å². The molecule has 3 N–H and O–H groups in total. The van der Waals surface area contributed by atoms with Crippen molar-refractivity contribution in [2.45, 2.75) is 51.7 Å². The number of anilines is 1. The molecule has 1 aliphatic rings. The van der Waals surface area contributed by atoms with Crippen molar-refractivity contribution in [2.75, 3.05) is 31.7 Å². The number of primary amides is 1. The van der Waals surface area contributed by atoms with E-state index in [2.05, 4.69) is 5.32 Å². The average Bonchev–Trinajstić information content (AvgIpc) is 2.77. The Kier molecular flexibility index (Phi) is 11.0. The molecule has 0 radical (unpaired) electrons. The van der Waals surface area contributed by atoms with E-state index >= 15 is 0 Å². The molecule has 2 amide bonds. The fraction of sp³-hybridized carbons (Fsp3) is 0.636. The van der Waals surface area contributed by atoms with Crippen LogP contribution in [0.3, 0.4) is 0 Å². The number of alkyl halides is 1. The highest BCUT2D eigenvalue weighted by molar-refractivity contribution is 7.62. The van der Waals surface area contributed by atoms with Gasteiger partial charge in [0.05, 0.1) is 40.5 Å². The number of halogens is 3. The van der Waals surface area contributed by atoms with Crippen LogP contribution in [0.1, 0.15) is 40.5 Å². The molecule has 9 nitrogen and oxygen atoms in total. The lowest BCUT2D eigenvalue weighted by Crippen LogP contribution is -2.62. The van der Waals surface area contributed by atoms with Gasteiger partial charge in [-0.05, 0) is 52.7 Å². The van der Waals surface area contributed by atoms with Crippen LogP contribution in [0.15, 0.2) is 12.1 Å². The first-order chi connectivity index (χ1) is 16.5. The number of hydrogen-bond donors (Lipinski definition) is 2. The van der Waals surface area contributed by atoms with Gasteiger partial charge in [-0.3, -0.25) is 14.2 Å². The van der Waals surface area contributed by atoms with E-state index in [4.69, 9.17) is 47.5 Å². The van der Waals surface area contributed by atoms with E-state index < -0.39 is 48.2 Å². The minimum absolute atomic E-state index is 0.0391. The van der Waals surface area contributed by atoms with Crippen LogP contribution in [0.2, 0.25) is 5.02 Å². The van der Waals surface area contributed by atoms with Crippen molar-refractivity contribution in [3.8, 4) is 0 Å². The molecule has 3 unspecified atom stereocenters. The maximum absolute atomic E-state index is 14.9. The zero-order chi connectivity index (χ0) is 26.4. The van der Waals surface area contributed by atoms with Gasteiger partial charge >= 0.3 is 7.60 Å². The Balaban J connectivity index is 2.57. The van der Waals surface area contributed by atoms with Crippen LogP contribution in [0.25, 0.3) is 0 Å². The molecule has 1 aliphatic carbocycles. The molecule has 0 bridgehead atoms. The lowest BCUT2D eigenvalue weighted by atomic mass is 9.73. The standard InChI is InChI=1S/C22H32Cl2FN2O7P/c1-5-31-22(32-6-2)18(24)10-9-13(20(26)28)19(22)21(29)27-16-12-17(14(23)11-15(16)25)35(30,33-7-3)34-8-4/h11-13,18-19H,5-10H2,1-4H3,(H2,26,28)(H,27,29). The first kappa shape index (κ1) is 30.0. The SMILES string of the molecule is CCOC1(OCC)C(Cl)CCC(C(N)=O)C1C(=O)Nc1cc(P(=O)(OCC)OCC)c(Cl)cc1F. The summed E-state index contributed by atoms with van der Waals surface area (Å²) >= 11 is 12.7. The molecule has 0 aliphatic heterocycles. The molecule has 0 spiro atoms. The summed E-state index contributed by atoms with van der Waals surface area (Å²) < 4.78 is 50.5. The van der Waals surface area contributed by atoms with Crippen molar-refractivity contribution in [1.29, 1.82) is 0 Å². The summed E-state index contributed by atoms with van der Waals surface area (Å²) in [6, 6.07) is 1.98. The van der Waals surface area contributed by atoms with Gasteiger partial charge in [-0.2, -0.15) is 0 Å². The summed E-state index contributed by atoms with van der Waals surface area (Å²) in [4.78, 5) is 25.9. The number of rotatable bonds is 12.